The third-order valence-corrected chi connectivity index (χ3v) is 6.62. The number of benzene rings is 1. The molecule has 2 heterocycles. The molecule has 2 unspecified atom stereocenters. The highest BCUT2D eigenvalue weighted by molar-refractivity contribution is 5.91. The molecule has 7 heteroatoms. The lowest BCUT2D eigenvalue weighted by Crippen LogP contribution is -2.39. The number of carbonyl (C=O) groups is 1. The van der Waals surface area contributed by atoms with E-state index < -0.39 is 0 Å². The van der Waals surface area contributed by atoms with Crippen molar-refractivity contribution in [2.45, 2.75) is 44.1 Å². The zero-order chi connectivity index (χ0) is 19.3. The monoisotopic (exact) mass is 381 g/mol. The maximum Gasteiger partial charge on any atom is 0.322 e. The molecule has 6 nitrogen and oxygen atoms in total. The summed E-state index contributed by atoms with van der Waals surface area (Å²) in [6.07, 6.45) is 7.28. The van der Waals surface area contributed by atoms with E-state index in [4.69, 9.17) is 0 Å². The number of fused-ring (bicyclic) bond motifs is 2. The summed E-state index contributed by atoms with van der Waals surface area (Å²) in [4.78, 5) is 18.5. The zero-order valence-corrected chi connectivity index (χ0v) is 16.0. The number of urea groups is 1. The summed E-state index contributed by atoms with van der Waals surface area (Å²) in [5, 5.41) is 10.8. The number of halogens is 1. The van der Waals surface area contributed by atoms with E-state index in [0.29, 0.717) is 24.3 Å². The largest absolute Gasteiger partial charge is 0.322 e. The Kier molecular flexibility index (Phi) is 4.00. The predicted molar refractivity (Wildman–Crippen MR) is 105 cm³/mol. The first-order valence-electron chi connectivity index (χ1n) is 9.95. The fourth-order valence-electron chi connectivity index (χ4n) is 5.08. The number of rotatable bonds is 3. The lowest BCUT2D eigenvalue weighted by molar-refractivity contribution is 0.206. The van der Waals surface area contributed by atoms with Crippen LogP contribution in [0.15, 0.2) is 23.2 Å². The van der Waals surface area contributed by atoms with Crippen molar-refractivity contribution in [1.82, 2.24) is 15.1 Å². The van der Waals surface area contributed by atoms with E-state index in [1.807, 2.05) is 4.90 Å². The van der Waals surface area contributed by atoms with E-state index in [2.05, 4.69) is 20.5 Å². The van der Waals surface area contributed by atoms with Crippen LogP contribution in [0.1, 0.15) is 48.2 Å². The van der Waals surface area contributed by atoms with Crippen LogP contribution in [0, 0.1) is 11.7 Å². The maximum atomic E-state index is 13.8. The minimum Gasteiger partial charge on any atom is -0.320 e. The number of aromatic nitrogens is 2. The van der Waals surface area contributed by atoms with Gasteiger partial charge in [-0.15, -0.1) is 0 Å². The summed E-state index contributed by atoms with van der Waals surface area (Å²) in [6, 6.07) is 4.36. The Morgan fingerprint density at radius 1 is 1.50 bits per heavy atom. The summed E-state index contributed by atoms with van der Waals surface area (Å²) in [5.74, 6) is 0.422. The molecule has 2 saturated carbocycles. The molecule has 2 atom stereocenters. The summed E-state index contributed by atoms with van der Waals surface area (Å²) in [6.45, 7) is 1.22. The molecule has 2 fully saturated rings. The van der Waals surface area contributed by atoms with Gasteiger partial charge in [-0.25, -0.2) is 9.18 Å². The number of carbonyl (C=O) groups excluding carboxylic acids is 1. The smallest absolute Gasteiger partial charge is 0.320 e. The lowest BCUT2D eigenvalue weighted by atomic mass is 9.92. The van der Waals surface area contributed by atoms with Gasteiger partial charge in [0.05, 0.1) is 12.2 Å². The highest BCUT2D eigenvalue weighted by atomic mass is 19.1. The molecule has 1 aromatic heterocycles. The third-order valence-electron chi connectivity index (χ3n) is 6.62. The van der Waals surface area contributed by atoms with Crippen molar-refractivity contribution in [2.75, 3.05) is 18.9 Å². The van der Waals surface area contributed by atoms with Gasteiger partial charge in [-0.3, -0.25) is 10.1 Å². The van der Waals surface area contributed by atoms with Gasteiger partial charge in [0.25, 0.3) is 0 Å². The van der Waals surface area contributed by atoms with E-state index >= 15 is 0 Å². The van der Waals surface area contributed by atoms with E-state index in [0.717, 1.165) is 12.3 Å². The van der Waals surface area contributed by atoms with Crippen LogP contribution in [-0.4, -0.2) is 40.9 Å². The minimum absolute atomic E-state index is 0.167. The number of nitrogens with one attached hydrogen (secondary N) is 2. The molecular weight excluding hydrogens is 357 g/mol. The topological polar surface area (TPSA) is 73.4 Å². The quantitative estimate of drug-likeness (QED) is 0.797. The molecule has 0 spiro atoms. The molecule has 0 radical (unpaired) electrons. The molecule has 0 bridgehead atoms. The second-order valence-corrected chi connectivity index (χ2v) is 8.20. The van der Waals surface area contributed by atoms with Crippen molar-refractivity contribution in [3.8, 4) is 0 Å². The fourth-order valence-corrected chi connectivity index (χ4v) is 5.08. The van der Waals surface area contributed by atoms with E-state index in [-0.39, 0.29) is 17.3 Å². The normalized spacial score (nSPS) is 25.6. The Morgan fingerprint density at radius 3 is 3.14 bits per heavy atom. The number of H-pyrrole nitrogens is 1. The Bertz CT molecular complexity index is 968. The van der Waals surface area contributed by atoms with Gasteiger partial charge in [0.15, 0.2) is 0 Å². The molecule has 5 rings (SSSR count). The van der Waals surface area contributed by atoms with Crippen LogP contribution < -0.4 is 5.32 Å². The lowest BCUT2D eigenvalue weighted by Gasteiger charge is -2.28. The van der Waals surface area contributed by atoms with E-state index in [1.54, 1.807) is 19.2 Å². The molecule has 146 valence electrons. The highest BCUT2D eigenvalue weighted by Gasteiger charge is 2.60. The zero-order valence-electron chi connectivity index (χ0n) is 16.0. The fraction of sp³-hybridized carbons (Fsp3) is 0.476. The van der Waals surface area contributed by atoms with Crippen LogP contribution in [-0.2, 0) is 18.4 Å². The summed E-state index contributed by atoms with van der Waals surface area (Å²) < 4.78 is 13.8. The molecule has 28 heavy (non-hydrogen) atoms. The number of hydrogen-bond acceptors (Lipinski definition) is 3. The molecular formula is C21H24FN5O. The first-order valence-corrected chi connectivity index (χ1v) is 9.95. The van der Waals surface area contributed by atoms with E-state index in [9.17, 15) is 9.18 Å². The SMILES string of the molecule is C/N=C\c1cc(NC(=O)N2CCc3[nH]nc(C45CCCC4C5)c3C2)ccc1F. The molecule has 0 saturated heterocycles. The first-order chi connectivity index (χ1) is 13.6. The number of amides is 2. The first kappa shape index (κ1) is 17.4. The molecule has 2 aliphatic carbocycles. The Morgan fingerprint density at radius 2 is 2.39 bits per heavy atom. The summed E-state index contributed by atoms with van der Waals surface area (Å²) in [7, 11) is 1.59. The van der Waals surface area contributed by atoms with Crippen molar-refractivity contribution in [2.24, 2.45) is 10.9 Å². The molecule has 3 aliphatic rings. The second-order valence-electron chi connectivity index (χ2n) is 8.20. The molecule has 2 N–H and O–H groups in total. The second kappa shape index (κ2) is 6.43. The van der Waals surface area contributed by atoms with Gasteiger partial charge in [-0.05, 0) is 43.4 Å². The van der Waals surface area contributed by atoms with Crippen molar-refractivity contribution < 1.29 is 9.18 Å². The standard InChI is InChI=1S/C21H24FN5O/c1-23-11-13-9-15(4-5-17(13)22)24-20(28)27-8-6-18-16(12-27)19(26-25-18)21-7-2-3-14(21)10-21/h4-5,9,11,14H,2-3,6-8,10,12H2,1H3,(H,24,28)(H,25,26)/b23-11-. The van der Waals surface area contributed by atoms with Crippen LogP contribution in [0.5, 0.6) is 0 Å². The molecule has 1 aromatic carbocycles. The van der Waals surface area contributed by atoms with Crippen LogP contribution >= 0.6 is 0 Å². The van der Waals surface area contributed by atoms with E-state index in [1.165, 1.54) is 54.9 Å². The average molecular weight is 381 g/mol. The summed E-state index contributed by atoms with van der Waals surface area (Å²) in [5.41, 5.74) is 4.79. The van der Waals surface area contributed by atoms with Gasteiger partial charge in [-0.2, -0.15) is 5.10 Å². The van der Waals surface area contributed by atoms with Crippen LogP contribution in [0.4, 0.5) is 14.9 Å². The molecule has 2 amide bonds. The van der Waals surface area contributed by atoms with Crippen molar-refractivity contribution >= 4 is 17.9 Å². The number of hydrogen-bond donors (Lipinski definition) is 2. The average Bonchev–Trinajstić information content (AvgIpc) is 3.03. The number of nitrogens with zero attached hydrogens (tertiary/aromatic N) is 3. The van der Waals surface area contributed by atoms with Gasteiger partial charge in [-0.1, -0.05) is 6.42 Å². The number of aromatic amines is 1. The Labute approximate surface area is 163 Å². The predicted octanol–water partition coefficient (Wildman–Crippen LogP) is 3.63. The Hall–Kier alpha value is -2.70. The van der Waals surface area contributed by atoms with Gasteiger partial charge < -0.3 is 10.2 Å². The Balaban J connectivity index is 1.33. The molecule has 2 aromatic rings. The number of aliphatic imine (C=N–C) groups is 1. The van der Waals surface area contributed by atoms with Crippen LogP contribution in [0.3, 0.4) is 0 Å². The van der Waals surface area contributed by atoms with Crippen LogP contribution in [0.25, 0.3) is 0 Å². The van der Waals surface area contributed by atoms with Crippen molar-refractivity contribution in [3.63, 3.8) is 0 Å². The highest BCUT2D eigenvalue weighted by Crippen LogP contribution is 2.64. The summed E-state index contributed by atoms with van der Waals surface area (Å²) >= 11 is 0. The molecule has 1 aliphatic heterocycles. The minimum atomic E-state index is -0.357. The van der Waals surface area contributed by atoms with Gasteiger partial charge in [0, 0.05) is 54.2 Å². The van der Waals surface area contributed by atoms with Gasteiger partial charge in [0.1, 0.15) is 5.82 Å². The van der Waals surface area contributed by atoms with Crippen LogP contribution in [0.2, 0.25) is 0 Å². The maximum absolute atomic E-state index is 13.8. The van der Waals surface area contributed by atoms with Gasteiger partial charge >= 0.3 is 6.03 Å². The van der Waals surface area contributed by atoms with Crippen molar-refractivity contribution in [1.29, 1.82) is 0 Å². The van der Waals surface area contributed by atoms with Crippen molar-refractivity contribution in [3.05, 3.63) is 46.5 Å². The third kappa shape index (κ3) is 2.72. The number of anilines is 1. The van der Waals surface area contributed by atoms with Gasteiger partial charge in [0.2, 0.25) is 0 Å².